The van der Waals surface area contributed by atoms with Crippen LogP contribution in [0.15, 0.2) is 24.4 Å². The number of hydrogen-bond donors (Lipinski definition) is 1. The Labute approximate surface area is 132 Å². The number of aryl methyl sites for hydroxylation is 1. The van der Waals surface area contributed by atoms with E-state index >= 15 is 0 Å². The van der Waals surface area contributed by atoms with E-state index in [1.165, 1.54) is 0 Å². The standard InChI is InChI=1S/C14H15Cl2N3O2/c1-9-10(8-18-19(9)2)14(20)17-6-7-21-12-5-3-4-11(15)13(12)16/h3-5,8H,6-7H2,1-2H3,(H,17,20). The van der Waals surface area contributed by atoms with Crippen molar-refractivity contribution >= 4 is 29.1 Å². The van der Waals surface area contributed by atoms with E-state index in [2.05, 4.69) is 10.4 Å². The van der Waals surface area contributed by atoms with Gasteiger partial charge in [0.2, 0.25) is 0 Å². The van der Waals surface area contributed by atoms with E-state index < -0.39 is 0 Å². The third kappa shape index (κ3) is 3.68. The lowest BCUT2D eigenvalue weighted by Gasteiger charge is -2.09. The molecule has 0 spiro atoms. The van der Waals surface area contributed by atoms with Crippen LogP contribution in [-0.4, -0.2) is 28.8 Å². The van der Waals surface area contributed by atoms with Crippen molar-refractivity contribution in [3.63, 3.8) is 0 Å². The second-order valence-corrected chi connectivity index (χ2v) is 5.21. The van der Waals surface area contributed by atoms with Gasteiger partial charge in [0.1, 0.15) is 17.4 Å². The first kappa shape index (κ1) is 15.7. The molecule has 1 aromatic heterocycles. The predicted octanol–water partition coefficient (Wildman–Crippen LogP) is 2.84. The molecule has 0 aliphatic rings. The Bertz CT molecular complexity index is 656. The van der Waals surface area contributed by atoms with Crippen LogP contribution in [0.1, 0.15) is 16.1 Å². The van der Waals surface area contributed by atoms with E-state index in [1.54, 1.807) is 36.1 Å². The molecule has 2 rings (SSSR count). The van der Waals surface area contributed by atoms with Crippen molar-refractivity contribution in [3.8, 4) is 5.75 Å². The van der Waals surface area contributed by atoms with Crippen LogP contribution in [0.2, 0.25) is 10.0 Å². The van der Waals surface area contributed by atoms with Crippen LogP contribution in [0.5, 0.6) is 5.75 Å². The number of aromatic nitrogens is 2. The summed E-state index contributed by atoms with van der Waals surface area (Å²) in [7, 11) is 1.79. The number of amides is 1. The lowest BCUT2D eigenvalue weighted by Crippen LogP contribution is -2.28. The van der Waals surface area contributed by atoms with E-state index in [9.17, 15) is 4.79 Å². The number of nitrogens with zero attached hydrogens (tertiary/aromatic N) is 2. The number of rotatable bonds is 5. The van der Waals surface area contributed by atoms with Gasteiger partial charge >= 0.3 is 0 Å². The molecule has 0 fully saturated rings. The Morgan fingerprint density at radius 2 is 2.19 bits per heavy atom. The van der Waals surface area contributed by atoms with Crippen molar-refractivity contribution in [2.24, 2.45) is 7.05 Å². The molecule has 0 radical (unpaired) electrons. The maximum Gasteiger partial charge on any atom is 0.254 e. The molecule has 1 aromatic carbocycles. The van der Waals surface area contributed by atoms with Gasteiger partial charge in [-0.15, -0.1) is 0 Å². The highest BCUT2D eigenvalue weighted by Gasteiger charge is 2.12. The summed E-state index contributed by atoms with van der Waals surface area (Å²) in [6, 6.07) is 5.16. The molecule has 1 N–H and O–H groups in total. The SMILES string of the molecule is Cc1c(C(=O)NCCOc2cccc(Cl)c2Cl)cnn1C. The number of hydrogen-bond acceptors (Lipinski definition) is 3. The lowest BCUT2D eigenvalue weighted by molar-refractivity contribution is 0.0946. The van der Waals surface area contributed by atoms with Crippen molar-refractivity contribution in [1.82, 2.24) is 15.1 Å². The van der Waals surface area contributed by atoms with Gasteiger partial charge in [-0.05, 0) is 19.1 Å². The molecule has 0 atom stereocenters. The first-order chi connectivity index (χ1) is 10.0. The summed E-state index contributed by atoms with van der Waals surface area (Å²) < 4.78 is 7.14. The number of benzene rings is 1. The molecule has 112 valence electrons. The zero-order chi connectivity index (χ0) is 15.4. The van der Waals surface area contributed by atoms with Crippen molar-refractivity contribution in [3.05, 3.63) is 45.7 Å². The molecular formula is C14H15Cl2N3O2. The summed E-state index contributed by atoms with van der Waals surface area (Å²) in [6.07, 6.45) is 1.54. The van der Waals surface area contributed by atoms with Gasteiger partial charge in [0.05, 0.1) is 23.3 Å². The van der Waals surface area contributed by atoms with Crippen LogP contribution in [0, 0.1) is 6.92 Å². The normalized spacial score (nSPS) is 10.5. The fourth-order valence-electron chi connectivity index (χ4n) is 1.74. The fraction of sp³-hybridized carbons (Fsp3) is 0.286. The first-order valence-corrected chi connectivity index (χ1v) is 7.10. The van der Waals surface area contributed by atoms with Crippen molar-refractivity contribution in [2.45, 2.75) is 6.92 Å². The molecule has 7 heteroatoms. The minimum atomic E-state index is -0.179. The second kappa shape index (κ2) is 6.83. The molecule has 0 unspecified atom stereocenters. The predicted molar refractivity (Wildman–Crippen MR) is 82.2 cm³/mol. The largest absolute Gasteiger partial charge is 0.490 e. The highest BCUT2D eigenvalue weighted by Crippen LogP contribution is 2.31. The number of ether oxygens (including phenoxy) is 1. The topological polar surface area (TPSA) is 56.1 Å². The summed E-state index contributed by atoms with van der Waals surface area (Å²) in [6.45, 7) is 2.49. The Balaban J connectivity index is 1.84. The number of carbonyl (C=O) groups excluding carboxylic acids is 1. The number of nitrogens with one attached hydrogen (secondary N) is 1. The molecule has 5 nitrogen and oxygen atoms in total. The minimum Gasteiger partial charge on any atom is -0.490 e. The molecule has 1 amide bonds. The van der Waals surface area contributed by atoms with Crippen molar-refractivity contribution < 1.29 is 9.53 Å². The maximum atomic E-state index is 11.9. The van der Waals surface area contributed by atoms with E-state index in [0.717, 1.165) is 5.69 Å². The summed E-state index contributed by atoms with van der Waals surface area (Å²) in [5, 5.41) is 7.59. The molecule has 0 bridgehead atoms. The fourth-order valence-corrected chi connectivity index (χ4v) is 2.08. The van der Waals surface area contributed by atoms with Crippen LogP contribution >= 0.6 is 23.2 Å². The smallest absolute Gasteiger partial charge is 0.254 e. The molecule has 21 heavy (non-hydrogen) atoms. The van der Waals surface area contributed by atoms with Crippen LogP contribution in [0.25, 0.3) is 0 Å². The summed E-state index contributed by atoms with van der Waals surface area (Å²) in [4.78, 5) is 11.9. The number of halogens is 2. The average Bonchev–Trinajstić information content (AvgIpc) is 2.79. The highest BCUT2D eigenvalue weighted by atomic mass is 35.5. The van der Waals surface area contributed by atoms with Crippen molar-refractivity contribution in [2.75, 3.05) is 13.2 Å². The van der Waals surface area contributed by atoms with Crippen molar-refractivity contribution in [1.29, 1.82) is 0 Å². The Kier molecular flexibility index (Phi) is 5.09. The van der Waals surface area contributed by atoms with Gasteiger partial charge < -0.3 is 10.1 Å². The zero-order valence-corrected chi connectivity index (χ0v) is 13.2. The van der Waals surface area contributed by atoms with Crippen LogP contribution in [0.4, 0.5) is 0 Å². The van der Waals surface area contributed by atoms with Gasteiger partial charge in [0.25, 0.3) is 5.91 Å². The highest BCUT2D eigenvalue weighted by molar-refractivity contribution is 6.42. The molecular weight excluding hydrogens is 313 g/mol. The molecule has 1 heterocycles. The van der Waals surface area contributed by atoms with Gasteiger partial charge in [-0.1, -0.05) is 29.3 Å². The van der Waals surface area contributed by atoms with Gasteiger partial charge in [-0.25, -0.2) is 0 Å². The van der Waals surface area contributed by atoms with E-state index in [1.807, 2.05) is 6.92 Å². The van der Waals surface area contributed by atoms with Crippen LogP contribution in [0.3, 0.4) is 0 Å². The summed E-state index contributed by atoms with van der Waals surface area (Å²) in [5.74, 6) is 0.317. The Morgan fingerprint density at radius 1 is 1.43 bits per heavy atom. The first-order valence-electron chi connectivity index (χ1n) is 6.34. The van der Waals surface area contributed by atoms with E-state index in [-0.39, 0.29) is 5.91 Å². The molecule has 0 saturated carbocycles. The van der Waals surface area contributed by atoms with E-state index in [4.69, 9.17) is 27.9 Å². The molecule has 0 saturated heterocycles. The third-order valence-corrected chi connectivity index (χ3v) is 3.84. The van der Waals surface area contributed by atoms with E-state index in [0.29, 0.717) is 34.5 Å². The Morgan fingerprint density at radius 3 is 2.86 bits per heavy atom. The second-order valence-electron chi connectivity index (χ2n) is 4.42. The van der Waals surface area contributed by atoms with Gasteiger partial charge in [-0.2, -0.15) is 5.10 Å². The molecule has 2 aromatic rings. The van der Waals surface area contributed by atoms with Gasteiger partial charge in [-0.3, -0.25) is 9.48 Å². The van der Waals surface area contributed by atoms with Gasteiger partial charge in [0.15, 0.2) is 0 Å². The molecule has 0 aliphatic carbocycles. The Hall–Kier alpha value is -1.72. The quantitative estimate of drug-likeness (QED) is 0.859. The van der Waals surface area contributed by atoms with Crippen LogP contribution < -0.4 is 10.1 Å². The third-order valence-electron chi connectivity index (χ3n) is 3.04. The summed E-state index contributed by atoms with van der Waals surface area (Å²) >= 11 is 11.9. The zero-order valence-electron chi connectivity index (χ0n) is 11.7. The minimum absolute atomic E-state index is 0.179. The molecule has 0 aliphatic heterocycles. The average molecular weight is 328 g/mol. The summed E-state index contributed by atoms with van der Waals surface area (Å²) in [5.41, 5.74) is 1.37. The maximum absolute atomic E-state index is 11.9. The number of carbonyl (C=O) groups is 1. The lowest BCUT2D eigenvalue weighted by atomic mass is 10.2. The van der Waals surface area contributed by atoms with Crippen LogP contribution in [-0.2, 0) is 7.05 Å². The monoisotopic (exact) mass is 327 g/mol. The van der Waals surface area contributed by atoms with Gasteiger partial charge in [0, 0.05) is 12.7 Å².